The zero-order valence-electron chi connectivity index (χ0n) is 15.0. The summed E-state index contributed by atoms with van der Waals surface area (Å²) in [5.74, 6) is 3.86. The molecule has 1 aromatic rings. The summed E-state index contributed by atoms with van der Waals surface area (Å²) < 4.78 is 5.52. The second kappa shape index (κ2) is 7.02. The third-order valence-corrected chi connectivity index (χ3v) is 6.15. The zero-order valence-corrected chi connectivity index (χ0v) is 15.8. The van der Waals surface area contributed by atoms with Gasteiger partial charge in [-0.3, -0.25) is 0 Å². The lowest BCUT2D eigenvalue weighted by atomic mass is 9.49. The molecule has 0 spiro atoms. The molecule has 0 atom stereocenters. The smallest absolute Gasteiger partial charge is 0.406 e. The number of nitrogens with zero attached hydrogens (tertiary/aromatic N) is 2. The van der Waals surface area contributed by atoms with E-state index in [-0.39, 0.29) is 18.5 Å². The number of halogens is 1. The van der Waals surface area contributed by atoms with Crippen molar-refractivity contribution in [3.8, 4) is 5.75 Å². The first kappa shape index (κ1) is 18.3. The second-order valence-corrected chi connectivity index (χ2v) is 8.38. The Bertz CT molecular complexity index is 600. The van der Waals surface area contributed by atoms with Gasteiger partial charge in [0.1, 0.15) is 0 Å². The van der Waals surface area contributed by atoms with Gasteiger partial charge in [0, 0.05) is 26.8 Å². The Balaban J connectivity index is 0.00000182. The van der Waals surface area contributed by atoms with Crippen LogP contribution in [0.1, 0.15) is 38.5 Å². The molecule has 0 aliphatic heterocycles. The van der Waals surface area contributed by atoms with Crippen LogP contribution in [0.2, 0.25) is 0 Å². The maximum atomic E-state index is 12.3. The molecule has 1 N–H and O–H groups in total. The van der Waals surface area contributed by atoms with E-state index in [9.17, 15) is 4.79 Å². The lowest BCUT2D eigenvalue weighted by molar-refractivity contribution is -0.0503. The summed E-state index contributed by atoms with van der Waals surface area (Å²) in [5, 5.41) is 3.05. The van der Waals surface area contributed by atoms with Gasteiger partial charge in [-0.1, -0.05) is 0 Å². The van der Waals surface area contributed by atoms with Crippen molar-refractivity contribution in [2.75, 3.05) is 25.5 Å². The summed E-state index contributed by atoms with van der Waals surface area (Å²) in [6.07, 6.45) is 9.47. The van der Waals surface area contributed by atoms with Crippen LogP contribution >= 0.6 is 12.4 Å². The van der Waals surface area contributed by atoms with E-state index in [1.807, 2.05) is 19.0 Å². The molecule has 4 bridgehead atoms. The van der Waals surface area contributed by atoms with Gasteiger partial charge in [-0.05, 0) is 73.8 Å². The number of amides is 1. The minimum Gasteiger partial charge on any atom is -0.406 e. The predicted octanol–water partition coefficient (Wildman–Crippen LogP) is 3.87. The Morgan fingerprint density at radius 1 is 1.24 bits per heavy atom. The van der Waals surface area contributed by atoms with Crippen LogP contribution in [0.15, 0.2) is 18.3 Å². The molecule has 6 heteroatoms. The largest absolute Gasteiger partial charge is 0.412 e. The highest BCUT2D eigenvalue weighted by atomic mass is 35.5. The van der Waals surface area contributed by atoms with Gasteiger partial charge in [0.15, 0.2) is 11.6 Å². The second-order valence-electron chi connectivity index (χ2n) is 8.38. The van der Waals surface area contributed by atoms with Gasteiger partial charge in [0.25, 0.3) is 0 Å². The van der Waals surface area contributed by atoms with Crippen LogP contribution in [0.4, 0.5) is 10.6 Å². The number of nitrogens with one attached hydrogen (secondary N) is 1. The first-order valence-corrected chi connectivity index (χ1v) is 9.11. The van der Waals surface area contributed by atoms with Gasteiger partial charge >= 0.3 is 6.09 Å². The van der Waals surface area contributed by atoms with Crippen LogP contribution in [0.25, 0.3) is 0 Å². The monoisotopic (exact) mass is 365 g/mol. The van der Waals surface area contributed by atoms with E-state index in [4.69, 9.17) is 4.74 Å². The third-order valence-electron chi connectivity index (χ3n) is 6.15. The number of rotatable bonds is 4. The molecule has 25 heavy (non-hydrogen) atoms. The van der Waals surface area contributed by atoms with E-state index in [0.29, 0.717) is 17.0 Å². The summed E-state index contributed by atoms with van der Waals surface area (Å²) in [6.45, 7) is 0.757. The maximum absolute atomic E-state index is 12.3. The molecule has 4 fully saturated rings. The van der Waals surface area contributed by atoms with Crippen LogP contribution in [0.3, 0.4) is 0 Å². The van der Waals surface area contributed by atoms with Crippen molar-refractivity contribution in [2.24, 2.45) is 23.2 Å². The fourth-order valence-corrected chi connectivity index (χ4v) is 5.70. The normalized spacial score (nSPS) is 32.0. The van der Waals surface area contributed by atoms with Crippen molar-refractivity contribution in [1.82, 2.24) is 10.3 Å². The van der Waals surface area contributed by atoms with Gasteiger partial charge in [-0.25, -0.2) is 9.78 Å². The maximum Gasteiger partial charge on any atom is 0.412 e. The molecule has 1 aromatic heterocycles. The molecule has 4 aliphatic rings. The average Bonchev–Trinajstić information content (AvgIpc) is 2.52. The van der Waals surface area contributed by atoms with Crippen molar-refractivity contribution >= 4 is 24.3 Å². The van der Waals surface area contributed by atoms with E-state index in [0.717, 1.165) is 24.3 Å². The van der Waals surface area contributed by atoms with E-state index >= 15 is 0 Å². The molecule has 0 saturated heterocycles. The first-order valence-electron chi connectivity index (χ1n) is 9.11. The molecule has 138 valence electrons. The van der Waals surface area contributed by atoms with Gasteiger partial charge < -0.3 is 15.0 Å². The van der Waals surface area contributed by atoms with Crippen LogP contribution in [-0.4, -0.2) is 31.7 Å². The number of pyridine rings is 1. The highest BCUT2D eigenvalue weighted by Crippen LogP contribution is 2.59. The Hall–Kier alpha value is -1.49. The predicted molar refractivity (Wildman–Crippen MR) is 100 cm³/mol. The number of anilines is 1. The molecule has 0 aromatic carbocycles. The van der Waals surface area contributed by atoms with Crippen molar-refractivity contribution in [3.63, 3.8) is 0 Å². The minimum absolute atomic E-state index is 0. The lowest BCUT2D eigenvalue weighted by Gasteiger charge is -2.56. The Labute approximate surface area is 155 Å². The van der Waals surface area contributed by atoms with Crippen molar-refractivity contribution in [2.45, 2.75) is 38.5 Å². The van der Waals surface area contributed by atoms with Crippen molar-refractivity contribution in [1.29, 1.82) is 0 Å². The van der Waals surface area contributed by atoms with Gasteiger partial charge in [-0.2, -0.15) is 0 Å². The summed E-state index contributed by atoms with van der Waals surface area (Å²) in [7, 11) is 3.78. The molecular formula is C19H28ClN3O2. The number of carbonyl (C=O) groups is 1. The zero-order chi connectivity index (χ0) is 16.7. The Kier molecular flexibility index (Phi) is 5.14. The van der Waals surface area contributed by atoms with Crippen LogP contribution < -0.4 is 15.0 Å². The highest BCUT2D eigenvalue weighted by molar-refractivity contribution is 5.85. The van der Waals surface area contributed by atoms with E-state index in [2.05, 4.69) is 10.3 Å². The van der Waals surface area contributed by atoms with Crippen molar-refractivity contribution in [3.05, 3.63) is 18.3 Å². The standard InChI is InChI=1S/C19H27N3O2.ClH/c1-22(2)17-16(4-3-5-20-17)24-18(23)21-12-19-9-13-6-14(10-19)8-15(7-13)11-19;/h3-5,13-15H,6-12H2,1-2H3,(H,21,23);1H. The molecule has 5 nitrogen and oxygen atoms in total. The Morgan fingerprint density at radius 2 is 1.84 bits per heavy atom. The first-order chi connectivity index (χ1) is 11.5. The highest BCUT2D eigenvalue weighted by Gasteiger charge is 2.50. The average molecular weight is 366 g/mol. The summed E-state index contributed by atoms with van der Waals surface area (Å²) >= 11 is 0. The molecule has 0 unspecified atom stereocenters. The van der Waals surface area contributed by atoms with Crippen molar-refractivity contribution < 1.29 is 9.53 Å². The molecule has 4 saturated carbocycles. The summed E-state index contributed by atoms with van der Waals surface area (Å²) in [4.78, 5) is 18.4. The van der Waals surface area contributed by atoms with Gasteiger partial charge in [0.2, 0.25) is 0 Å². The van der Waals surface area contributed by atoms with Crippen LogP contribution in [-0.2, 0) is 0 Å². The number of hydrogen-bond acceptors (Lipinski definition) is 4. The fraction of sp³-hybridized carbons (Fsp3) is 0.684. The number of aromatic nitrogens is 1. The van der Waals surface area contributed by atoms with E-state index < -0.39 is 0 Å². The van der Waals surface area contributed by atoms with E-state index in [1.165, 1.54) is 38.5 Å². The molecule has 0 radical (unpaired) electrons. The van der Waals surface area contributed by atoms with E-state index in [1.54, 1.807) is 18.3 Å². The quantitative estimate of drug-likeness (QED) is 0.879. The molecule has 4 aliphatic carbocycles. The Morgan fingerprint density at radius 3 is 2.40 bits per heavy atom. The molecule has 5 rings (SSSR count). The number of hydrogen-bond donors (Lipinski definition) is 1. The number of ether oxygens (including phenoxy) is 1. The van der Waals surface area contributed by atoms with Crippen LogP contribution in [0.5, 0.6) is 5.75 Å². The summed E-state index contributed by atoms with van der Waals surface area (Å²) in [5.41, 5.74) is 0.326. The topological polar surface area (TPSA) is 54.5 Å². The SMILES string of the molecule is CN(C)c1ncccc1OC(=O)NCC12CC3CC(CC(C3)C1)C2.Cl. The molecular weight excluding hydrogens is 338 g/mol. The van der Waals surface area contributed by atoms with Crippen LogP contribution in [0, 0.1) is 23.2 Å². The summed E-state index contributed by atoms with van der Waals surface area (Å²) in [6, 6.07) is 3.57. The number of carbonyl (C=O) groups excluding carboxylic acids is 1. The molecule has 1 heterocycles. The van der Waals surface area contributed by atoms with Gasteiger partial charge in [-0.15, -0.1) is 12.4 Å². The molecule has 1 amide bonds. The fourth-order valence-electron chi connectivity index (χ4n) is 5.70. The van der Waals surface area contributed by atoms with Gasteiger partial charge in [0.05, 0.1) is 0 Å². The lowest BCUT2D eigenvalue weighted by Crippen LogP contribution is -2.51. The minimum atomic E-state index is -0.359. The third kappa shape index (κ3) is 3.71.